The fraction of sp³-hybridized carbons (Fsp3) is 0.200. The Labute approximate surface area is 242 Å². The van der Waals surface area contributed by atoms with Crippen LogP contribution in [0.5, 0.6) is 0 Å². The minimum atomic E-state index is -0.294. The molecule has 0 spiro atoms. The van der Waals surface area contributed by atoms with E-state index in [1.807, 2.05) is 43.3 Å². The second kappa shape index (κ2) is 12.2. The first-order valence-electron chi connectivity index (χ1n) is 13.6. The molecule has 0 atom stereocenters. The number of pyridine rings is 1. The number of halogens is 1. The predicted octanol–water partition coefficient (Wildman–Crippen LogP) is 8.52. The molecule has 4 rings (SSSR count). The van der Waals surface area contributed by atoms with Gasteiger partial charge in [-0.1, -0.05) is 64.8 Å². The third-order valence-corrected chi connectivity index (χ3v) is 6.75. The number of benzene rings is 2. The first kappa shape index (κ1) is 29.3. The van der Waals surface area contributed by atoms with E-state index in [2.05, 4.69) is 56.1 Å². The topological polar surface area (TPSA) is 75.3 Å². The first-order valence-corrected chi connectivity index (χ1v) is 13.6. The zero-order chi connectivity index (χ0) is 29.7. The number of aliphatic imine (C=N–C) groups is 1. The van der Waals surface area contributed by atoms with Crippen molar-refractivity contribution in [3.8, 4) is 11.1 Å². The Morgan fingerprint density at radius 2 is 1.93 bits per heavy atom. The Kier molecular flexibility index (Phi) is 8.72. The first-order chi connectivity index (χ1) is 19.5. The summed E-state index contributed by atoms with van der Waals surface area (Å²) in [6.07, 6.45) is 10.2. The van der Waals surface area contributed by atoms with Crippen LogP contribution in [0.15, 0.2) is 109 Å². The van der Waals surface area contributed by atoms with Crippen LogP contribution < -0.4 is 16.4 Å². The molecule has 3 aromatic rings. The highest BCUT2D eigenvalue weighted by molar-refractivity contribution is 6.29. The summed E-state index contributed by atoms with van der Waals surface area (Å²) in [6.45, 7) is 21.4. The lowest BCUT2D eigenvalue weighted by Gasteiger charge is -2.23. The monoisotopic (exact) mass is 547 g/mol. The van der Waals surface area contributed by atoms with Crippen molar-refractivity contribution in [1.82, 2.24) is 10.3 Å². The molecule has 0 radical (unpaired) electrons. The van der Waals surface area contributed by atoms with E-state index in [9.17, 15) is 4.39 Å². The van der Waals surface area contributed by atoms with Gasteiger partial charge in [-0.15, -0.1) is 0 Å². The number of aromatic nitrogens is 1. The maximum atomic E-state index is 13.9. The van der Waals surface area contributed by atoms with Crippen LogP contribution in [0.4, 0.5) is 15.8 Å². The molecule has 1 aromatic heterocycles. The number of hydrogen-bond donors (Lipinski definition) is 3. The molecule has 0 saturated carbocycles. The fourth-order valence-corrected chi connectivity index (χ4v) is 4.83. The Morgan fingerprint density at radius 1 is 1.15 bits per heavy atom. The maximum Gasteiger partial charge on any atom is 0.133 e. The van der Waals surface area contributed by atoms with Gasteiger partial charge in [-0.3, -0.25) is 9.98 Å². The smallest absolute Gasteiger partial charge is 0.133 e. The predicted molar refractivity (Wildman–Crippen MR) is 173 cm³/mol. The van der Waals surface area contributed by atoms with Crippen LogP contribution in [-0.2, 0) is 6.54 Å². The molecule has 6 heteroatoms. The van der Waals surface area contributed by atoms with E-state index in [1.54, 1.807) is 24.5 Å². The lowest BCUT2D eigenvalue weighted by atomic mass is 9.91. The Bertz CT molecular complexity index is 1600. The molecule has 1 aliphatic heterocycles. The van der Waals surface area contributed by atoms with E-state index in [0.717, 1.165) is 56.9 Å². The highest BCUT2D eigenvalue weighted by Crippen LogP contribution is 2.34. The molecule has 2 aromatic carbocycles. The molecule has 0 aliphatic carbocycles. The van der Waals surface area contributed by atoms with Crippen LogP contribution in [0.1, 0.15) is 50.8 Å². The molecule has 210 valence electrons. The highest BCUT2D eigenvalue weighted by atomic mass is 19.1. The molecule has 5 nitrogen and oxygen atoms in total. The standard InChI is InChI=1S/C35H38FN5/c1-8-24(16-28(9-2)40-22(3)18-35(5,6)7)25-13-14-32(37)29(17-25)23(4)34-39-20-31-30(19-38-21-33(31)41-34)26-11-10-12-27(36)15-26/h8-17,19,21,40H,2-4,18,20,37H2,1,5-7H3,(H,39,41)/b24-8+,28-16+. The second-order valence-corrected chi connectivity index (χ2v) is 11.3. The summed E-state index contributed by atoms with van der Waals surface area (Å²) in [5, 5.41) is 6.77. The number of anilines is 2. The number of nitrogens with zero attached hydrogens (tertiary/aromatic N) is 2. The molecule has 0 unspecified atom stereocenters. The Hall–Kier alpha value is -4.71. The van der Waals surface area contributed by atoms with Crippen molar-refractivity contribution < 1.29 is 4.39 Å². The molecular formula is C35H38FN5. The summed E-state index contributed by atoms with van der Waals surface area (Å²) in [5.74, 6) is 0.321. The number of fused-ring (bicyclic) bond motifs is 1. The van der Waals surface area contributed by atoms with E-state index in [4.69, 9.17) is 10.7 Å². The van der Waals surface area contributed by atoms with Gasteiger partial charge in [0, 0.05) is 45.5 Å². The van der Waals surface area contributed by atoms with Crippen molar-refractivity contribution in [2.24, 2.45) is 10.4 Å². The number of amidine groups is 1. The van der Waals surface area contributed by atoms with Gasteiger partial charge in [-0.2, -0.15) is 0 Å². The largest absolute Gasteiger partial charge is 0.398 e. The molecule has 0 fully saturated rings. The lowest BCUT2D eigenvalue weighted by molar-refractivity contribution is 0.403. The van der Waals surface area contributed by atoms with Crippen molar-refractivity contribution in [2.75, 3.05) is 11.1 Å². The van der Waals surface area contributed by atoms with Crippen LogP contribution >= 0.6 is 0 Å². The van der Waals surface area contributed by atoms with Gasteiger partial charge >= 0.3 is 0 Å². The molecule has 0 amide bonds. The van der Waals surface area contributed by atoms with Gasteiger partial charge in [-0.05, 0) is 71.9 Å². The minimum Gasteiger partial charge on any atom is -0.398 e. The maximum absolute atomic E-state index is 13.9. The van der Waals surface area contributed by atoms with Gasteiger partial charge in [0.15, 0.2) is 0 Å². The SMILES string of the molecule is C=C/C(=C\C(=C/C)c1ccc(N)c(C(=C)C2=NCc3c(cncc3-c3cccc(F)c3)N2)c1)NC(=C)CC(C)(C)C. The van der Waals surface area contributed by atoms with Crippen molar-refractivity contribution in [1.29, 1.82) is 0 Å². The molecule has 0 saturated heterocycles. The number of nitrogen functional groups attached to an aromatic ring is 1. The molecular weight excluding hydrogens is 509 g/mol. The number of rotatable bonds is 9. The number of allylic oxidation sites excluding steroid dienone is 5. The van der Waals surface area contributed by atoms with E-state index in [1.165, 1.54) is 12.1 Å². The van der Waals surface area contributed by atoms with Crippen molar-refractivity contribution in [3.05, 3.63) is 127 Å². The summed E-state index contributed by atoms with van der Waals surface area (Å²) < 4.78 is 13.9. The van der Waals surface area contributed by atoms with Gasteiger partial charge < -0.3 is 16.4 Å². The molecule has 1 aliphatic rings. The van der Waals surface area contributed by atoms with Crippen molar-refractivity contribution in [2.45, 2.75) is 40.7 Å². The summed E-state index contributed by atoms with van der Waals surface area (Å²) in [5.41, 5.74) is 15.7. The van der Waals surface area contributed by atoms with Crippen LogP contribution in [0.3, 0.4) is 0 Å². The lowest BCUT2D eigenvalue weighted by Crippen LogP contribution is -2.20. The van der Waals surface area contributed by atoms with E-state index in [0.29, 0.717) is 23.6 Å². The second-order valence-electron chi connectivity index (χ2n) is 11.3. The average Bonchev–Trinajstić information content (AvgIpc) is 2.93. The quantitative estimate of drug-likeness (QED) is 0.185. The zero-order valence-corrected chi connectivity index (χ0v) is 24.3. The molecule has 41 heavy (non-hydrogen) atoms. The van der Waals surface area contributed by atoms with Crippen molar-refractivity contribution in [3.63, 3.8) is 0 Å². The van der Waals surface area contributed by atoms with Gasteiger partial charge in [0.25, 0.3) is 0 Å². The minimum absolute atomic E-state index is 0.124. The Morgan fingerprint density at radius 3 is 2.61 bits per heavy atom. The summed E-state index contributed by atoms with van der Waals surface area (Å²) in [6, 6.07) is 12.4. The molecule has 0 bridgehead atoms. The van der Waals surface area contributed by atoms with Crippen LogP contribution in [-0.4, -0.2) is 10.8 Å². The highest BCUT2D eigenvalue weighted by Gasteiger charge is 2.20. The van der Waals surface area contributed by atoms with Crippen molar-refractivity contribution >= 4 is 28.4 Å². The number of nitrogens with one attached hydrogen (secondary N) is 2. The van der Waals surface area contributed by atoms with E-state index in [-0.39, 0.29) is 11.2 Å². The third kappa shape index (κ3) is 7.09. The Balaban J connectivity index is 1.59. The van der Waals surface area contributed by atoms with Crippen LogP contribution in [0.2, 0.25) is 0 Å². The van der Waals surface area contributed by atoms with E-state index < -0.39 is 0 Å². The molecule has 2 heterocycles. The van der Waals surface area contributed by atoms with Gasteiger partial charge in [0.05, 0.1) is 18.4 Å². The van der Waals surface area contributed by atoms with Gasteiger partial charge in [0.1, 0.15) is 11.7 Å². The van der Waals surface area contributed by atoms with Gasteiger partial charge in [0.2, 0.25) is 0 Å². The normalized spacial score (nSPS) is 13.5. The average molecular weight is 548 g/mol. The van der Waals surface area contributed by atoms with Crippen LogP contribution in [0.25, 0.3) is 22.3 Å². The third-order valence-electron chi connectivity index (χ3n) is 6.75. The molecule has 4 N–H and O–H groups in total. The number of hydrogen-bond acceptors (Lipinski definition) is 5. The summed E-state index contributed by atoms with van der Waals surface area (Å²) >= 11 is 0. The summed E-state index contributed by atoms with van der Waals surface area (Å²) in [7, 11) is 0. The number of nitrogens with two attached hydrogens (primary N) is 1. The van der Waals surface area contributed by atoms with Crippen LogP contribution in [0, 0.1) is 11.2 Å². The zero-order valence-electron chi connectivity index (χ0n) is 24.3. The summed E-state index contributed by atoms with van der Waals surface area (Å²) in [4.78, 5) is 9.17. The van der Waals surface area contributed by atoms with E-state index >= 15 is 0 Å². The van der Waals surface area contributed by atoms with Gasteiger partial charge in [-0.25, -0.2) is 4.39 Å². The fourth-order valence-electron chi connectivity index (χ4n) is 4.83.